The second kappa shape index (κ2) is 8.11. The van der Waals surface area contributed by atoms with Crippen molar-refractivity contribution in [3.05, 3.63) is 69.8 Å². The Kier molecular flexibility index (Phi) is 6.18. The molecule has 0 bridgehead atoms. The van der Waals surface area contributed by atoms with Crippen LogP contribution in [0.2, 0.25) is 0 Å². The monoisotopic (exact) mass is 480 g/mol. The average Bonchev–Trinajstić information content (AvgIpc) is 2.70. The van der Waals surface area contributed by atoms with E-state index in [1.165, 1.54) is 0 Å². The van der Waals surface area contributed by atoms with Crippen molar-refractivity contribution >= 4 is 23.9 Å². The predicted molar refractivity (Wildman–Crippen MR) is 93.6 cm³/mol. The van der Waals surface area contributed by atoms with Gasteiger partial charge in [-0.05, 0) is 24.3 Å². The van der Waals surface area contributed by atoms with Gasteiger partial charge in [0.1, 0.15) is 0 Å². The van der Waals surface area contributed by atoms with Crippen molar-refractivity contribution in [2.24, 2.45) is 0 Å². The van der Waals surface area contributed by atoms with E-state index in [9.17, 15) is 41.1 Å². The van der Waals surface area contributed by atoms with Crippen LogP contribution in [0, 0.1) is 0 Å². The van der Waals surface area contributed by atoms with Gasteiger partial charge in [0.05, 0.1) is 22.3 Å². The standard InChI is InChI=1S/C19H10F6O8/c20-17(18(21,22)19(23,24)25,7-1-3-9(13(26)27)11(5-7)15(30)31)8-2-4-10(14(28)29)12(6-8)16(32)33/h1-6H,(H,26,27)(H,28,29)(H,30,31)(H,32,33). The first-order valence-electron chi connectivity index (χ1n) is 8.32. The minimum absolute atomic E-state index is 0.0585. The molecule has 0 aliphatic rings. The molecule has 0 spiro atoms. The molecule has 4 N–H and O–H groups in total. The van der Waals surface area contributed by atoms with Crippen LogP contribution < -0.4 is 0 Å². The predicted octanol–water partition coefficient (Wildman–Crippen LogP) is 3.89. The summed E-state index contributed by atoms with van der Waals surface area (Å²) in [6.45, 7) is 0. The summed E-state index contributed by atoms with van der Waals surface area (Å²) in [5, 5.41) is 36.2. The van der Waals surface area contributed by atoms with Crippen LogP contribution in [-0.4, -0.2) is 56.4 Å². The summed E-state index contributed by atoms with van der Waals surface area (Å²) in [6, 6.07) is 0.785. The van der Waals surface area contributed by atoms with Gasteiger partial charge in [-0.3, -0.25) is 0 Å². The third-order valence-corrected chi connectivity index (χ3v) is 4.55. The van der Waals surface area contributed by atoms with Gasteiger partial charge in [-0.1, -0.05) is 12.1 Å². The van der Waals surface area contributed by atoms with Gasteiger partial charge in [0.25, 0.3) is 0 Å². The van der Waals surface area contributed by atoms with E-state index in [1.54, 1.807) is 0 Å². The number of carboxylic acid groups (broad SMARTS) is 4. The molecule has 0 aliphatic carbocycles. The van der Waals surface area contributed by atoms with Gasteiger partial charge in [-0.2, -0.15) is 22.0 Å². The summed E-state index contributed by atoms with van der Waals surface area (Å²) in [7, 11) is 0. The molecule has 33 heavy (non-hydrogen) atoms. The lowest BCUT2D eigenvalue weighted by atomic mass is 9.80. The first-order valence-corrected chi connectivity index (χ1v) is 8.32. The zero-order chi connectivity index (χ0) is 25.5. The number of hydrogen-bond acceptors (Lipinski definition) is 4. The zero-order valence-electron chi connectivity index (χ0n) is 15.7. The first-order chi connectivity index (χ1) is 15.0. The van der Waals surface area contributed by atoms with Gasteiger partial charge in [0.2, 0.25) is 5.67 Å². The van der Waals surface area contributed by atoms with Crippen molar-refractivity contribution in [1.82, 2.24) is 0 Å². The number of alkyl halides is 6. The number of benzene rings is 2. The van der Waals surface area contributed by atoms with Gasteiger partial charge in [-0.15, -0.1) is 0 Å². The van der Waals surface area contributed by atoms with Crippen molar-refractivity contribution in [3.63, 3.8) is 0 Å². The smallest absolute Gasteiger partial charge is 0.457 e. The molecular formula is C19H10F6O8. The summed E-state index contributed by atoms with van der Waals surface area (Å²) < 4.78 is 84.6. The van der Waals surface area contributed by atoms with Crippen LogP contribution in [0.15, 0.2) is 36.4 Å². The number of hydrogen-bond donors (Lipinski definition) is 4. The number of halogens is 6. The fraction of sp³-hybridized carbons (Fsp3) is 0.158. The molecule has 2 aromatic carbocycles. The molecule has 176 valence electrons. The van der Waals surface area contributed by atoms with Gasteiger partial charge < -0.3 is 20.4 Å². The van der Waals surface area contributed by atoms with Crippen LogP contribution in [0.1, 0.15) is 52.6 Å². The zero-order valence-corrected chi connectivity index (χ0v) is 15.7. The van der Waals surface area contributed by atoms with E-state index in [4.69, 9.17) is 20.4 Å². The highest BCUT2D eigenvalue weighted by Crippen LogP contribution is 2.54. The van der Waals surface area contributed by atoms with Crippen LogP contribution in [-0.2, 0) is 5.67 Å². The fourth-order valence-corrected chi connectivity index (χ4v) is 2.97. The summed E-state index contributed by atoms with van der Waals surface area (Å²) >= 11 is 0. The van der Waals surface area contributed by atoms with Crippen molar-refractivity contribution in [1.29, 1.82) is 0 Å². The maximum absolute atomic E-state index is 15.9. The maximum Gasteiger partial charge on any atom is 0.457 e. The third-order valence-electron chi connectivity index (χ3n) is 4.55. The molecule has 14 heteroatoms. The topological polar surface area (TPSA) is 149 Å². The van der Waals surface area contributed by atoms with Crippen molar-refractivity contribution in [2.45, 2.75) is 17.8 Å². The van der Waals surface area contributed by atoms with E-state index in [1.807, 2.05) is 0 Å². The maximum atomic E-state index is 15.9. The summed E-state index contributed by atoms with van der Waals surface area (Å²) in [6.07, 6.45) is -6.61. The first kappa shape index (κ1) is 25.2. The van der Waals surface area contributed by atoms with E-state index in [-0.39, 0.29) is 36.4 Å². The fourth-order valence-electron chi connectivity index (χ4n) is 2.97. The van der Waals surface area contributed by atoms with Gasteiger partial charge in [0, 0.05) is 11.1 Å². The largest absolute Gasteiger partial charge is 0.478 e. The molecule has 2 rings (SSSR count). The Morgan fingerprint density at radius 1 is 0.545 bits per heavy atom. The second-order valence-electron chi connectivity index (χ2n) is 6.47. The molecule has 8 nitrogen and oxygen atoms in total. The van der Waals surface area contributed by atoms with Crippen molar-refractivity contribution in [2.75, 3.05) is 0 Å². The Bertz CT molecular complexity index is 1100. The third kappa shape index (κ3) is 4.06. The molecule has 0 atom stereocenters. The highest BCUT2D eigenvalue weighted by molar-refractivity contribution is 6.02. The minimum atomic E-state index is -6.61. The second-order valence-corrected chi connectivity index (χ2v) is 6.47. The summed E-state index contributed by atoms with van der Waals surface area (Å²) in [5.41, 5.74) is -13.1. The van der Waals surface area contributed by atoms with Crippen LogP contribution >= 0.6 is 0 Å². The molecule has 0 radical (unpaired) electrons. The van der Waals surface area contributed by atoms with Crippen LogP contribution in [0.25, 0.3) is 0 Å². The van der Waals surface area contributed by atoms with Gasteiger partial charge >= 0.3 is 36.0 Å². The summed E-state index contributed by atoms with van der Waals surface area (Å²) in [5.74, 6) is -14.3. The molecule has 0 aromatic heterocycles. The molecule has 0 saturated carbocycles. The number of rotatable bonds is 7. The lowest BCUT2D eigenvalue weighted by Gasteiger charge is -2.35. The van der Waals surface area contributed by atoms with E-state index in [0.29, 0.717) is 0 Å². The van der Waals surface area contributed by atoms with Crippen LogP contribution in [0.4, 0.5) is 26.3 Å². The summed E-state index contributed by atoms with van der Waals surface area (Å²) in [4.78, 5) is 44.9. The number of carboxylic acids is 4. The highest BCUT2D eigenvalue weighted by Gasteiger charge is 2.72. The lowest BCUT2D eigenvalue weighted by molar-refractivity contribution is -0.323. The van der Waals surface area contributed by atoms with E-state index in [0.717, 1.165) is 0 Å². The molecule has 0 unspecified atom stereocenters. The molecule has 2 aromatic rings. The Labute approximate surface area is 178 Å². The van der Waals surface area contributed by atoms with Gasteiger partial charge in [0.15, 0.2) is 0 Å². The minimum Gasteiger partial charge on any atom is -0.478 e. The van der Waals surface area contributed by atoms with Crippen molar-refractivity contribution < 1.29 is 65.9 Å². The van der Waals surface area contributed by atoms with E-state index in [2.05, 4.69) is 0 Å². The van der Waals surface area contributed by atoms with Crippen molar-refractivity contribution in [3.8, 4) is 0 Å². The normalized spacial score (nSPS) is 12.3. The van der Waals surface area contributed by atoms with Crippen LogP contribution in [0.3, 0.4) is 0 Å². The Hall–Kier alpha value is -4.10. The quantitative estimate of drug-likeness (QED) is 0.436. The number of aromatic carboxylic acids is 4. The Balaban J connectivity index is 3.01. The van der Waals surface area contributed by atoms with E-state index < -0.39 is 75.0 Å². The average molecular weight is 480 g/mol. The molecular weight excluding hydrogens is 470 g/mol. The molecule has 0 heterocycles. The SMILES string of the molecule is O=C(O)c1ccc(C(F)(c2ccc(C(=O)O)c(C(=O)O)c2)C(F)(F)C(F)(F)F)cc1C(=O)O. The Morgan fingerprint density at radius 3 is 1.09 bits per heavy atom. The molecule has 0 saturated heterocycles. The van der Waals surface area contributed by atoms with Gasteiger partial charge in [-0.25, -0.2) is 23.6 Å². The van der Waals surface area contributed by atoms with Crippen LogP contribution in [0.5, 0.6) is 0 Å². The highest BCUT2D eigenvalue weighted by atomic mass is 19.4. The molecule has 0 aliphatic heterocycles. The number of carbonyl (C=O) groups is 4. The van der Waals surface area contributed by atoms with E-state index >= 15 is 4.39 Å². The molecule has 0 amide bonds. The lowest BCUT2D eigenvalue weighted by Crippen LogP contribution is -2.53. The molecule has 0 fully saturated rings. The Morgan fingerprint density at radius 2 is 0.848 bits per heavy atom.